The van der Waals surface area contributed by atoms with Crippen LogP contribution in [0.2, 0.25) is 5.02 Å². The number of benzene rings is 2. The van der Waals surface area contributed by atoms with Crippen LogP contribution in [0.25, 0.3) is 0 Å². The van der Waals surface area contributed by atoms with Crippen molar-refractivity contribution in [3.05, 3.63) is 58.6 Å². The number of carbonyl (C=O) groups is 1. The van der Waals surface area contributed by atoms with Gasteiger partial charge in [-0.1, -0.05) is 36.6 Å². The molecule has 0 spiro atoms. The molecule has 7 heteroatoms. The number of carbonyl (C=O) groups excluding carboxylic acids is 1. The highest BCUT2D eigenvalue weighted by molar-refractivity contribution is 7.93. The maximum atomic E-state index is 13.4. The number of rotatable bonds is 4. The number of hydrogen-bond donors (Lipinski definition) is 2. The second kappa shape index (κ2) is 7.08. The first-order valence-corrected chi connectivity index (χ1v) is 11.3. The van der Waals surface area contributed by atoms with Gasteiger partial charge in [-0.3, -0.25) is 4.79 Å². The van der Waals surface area contributed by atoms with Crippen LogP contribution in [0.5, 0.6) is 5.75 Å². The summed E-state index contributed by atoms with van der Waals surface area (Å²) < 4.78 is 25.4. The summed E-state index contributed by atoms with van der Waals surface area (Å²) in [5.41, 5.74) is 1.69. The number of hydrogen-bond acceptors (Lipinski definition) is 4. The van der Waals surface area contributed by atoms with Crippen molar-refractivity contribution >= 4 is 27.3 Å². The van der Waals surface area contributed by atoms with Crippen LogP contribution in [-0.4, -0.2) is 24.2 Å². The Morgan fingerprint density at radius 2 is 1.79 bits per heavy atom. The van der Waals surface area contributed by atoms with E-state index in [1.165, 1.54) is 24.3 Å². The molecule has 4 rings (SSSR count). The summed E-state index contributed by atoms with van der Waals surface area (Å²) in [4.78, 5) is 13.4. The summed E-state index contributed by atoms with van der Waals surface area (Å²) in [6, 6.07) is 11.0. The van der Waals surface area contributed by atoms with Crippen molar-refractivity contribution < 1.29 is 18.3 Å². The monoisotopic (exact) mass is 419 g/mol. The highest BCUT2D eigenvalue weighted by Gasteiger charge is 2.53. The van der Waals surface area contributed by atoms with Gasteiger partial charge < -0.3 is 10.4 Å². The lowest BCUT2D eigenvalue weighted by molar-refractivity contribution is -0.124. The first kappa shape index (κ1) is 19.3. The van der Waals surface area contributed by atoms with E-state index in [0.29, 0.717) is 43.5 Å². The summed E-state index contributed by atoms with van der Waals surface area (Å²) in [6.07, 6.45) is 3.32. The molecule has 0 aromatic heterocycles. The van der Waals surface area contributed by atoms with Gasteiger partial charge in [0.2, 0.25) is 5.91 Å². The van der Waals surface area contributed by atoms with E-state index in [1.807, 2.05) is 6.07 Å². The van der Waals surface area contributed by atoms with Crippen molar-refractivity contribution in [3.8, 4) is 5.75 Å². The van der Waals surface area contributed by atoms with Crippen molar-refractivity contribution in [3.63, 3.8) is 0 Å². The molecule has 0 heterocycles. The second-order valence-corrected chi connectivity index (χ2v) is 10.3. The zero-order valence-electron chi connectivity index (χ0n) is 15.3. The Morgan fingerprint density at radius 3 is 2.46 bits per heavy atom. The Labute approximate surface area is 169 Å². The average Bonchev–Trinajstić information content (AvgIpc) is 3.32. The van der Waals surface area contributed by atoms with Crippen molar-refractivity contribution in [1.82, 2.24) is 5.32 Å². The van der Waals surface area contributed by atoms with Crippen molar-refractivity contribution in [1.29, 1.82) is 0 Å². The molecule has 1 saturated carbocycles. The molecule has 5 nitrogen and oxygen atoms in total. The molecule has 1 fully saturated rings. The largest absolute Gasteiger partial charge is 0.508 e. The summed E-state index contributed by atoms with van der Waals surface area (Å²) in [7, 11) is -3.86. The van der Waals surface area contributed by atoms with Crippen molar-refractivity contribution in [2.45, 2.75) is 54.2 Å². The van der Waals surface area contributed by atoms with E-state index in [4.69, 9.17) is 11.6 Å². The highest BCUT2D eigenvalue weighted by Crippen LogP contribution is 2.43. The van der Waals surface area contributed by atoms with Gasteiger partial charge in [0.15, 0.2) is 14.6 Å². The first-order valence-electron chi connectivity index (χ1n) is 9.47. The topological polar surface area (TPSA) is 83.5 Å². The van der Waals surface area contributed by atoms with E-state index in [1.54, 1.807) is 12.1 Å². The Bertz CT molecular complexity index is 1010. The molecule has 2 aromatic carbocycles. The highest BCUT2D eigenvalue weighted by atomic mass is 35.5. The molecular formula is C21H22ClNO4S. The Balaban J connectivity index is 1.66. The molecule has 1 unspecified atom stereocenters. The average molecular weight is 420 g/mol. The number of phenols is 1. The molecule has 0 radical (unpaired) electrons. The lowest BCUT2D eigenvalue weighted by Gasteiger charge is -2.29. The Hall–Kier alpha value is -2.05. The summed E-state index contributed by atoms with van der Waals surface area (Å²) >= 11 is 5.90. The Morgan fingerprint density at radius 1 is 1.11 bits per heavy atom. The molecule has 0 bridgehead atoms. The zero-order chi connectivity index (χ0) is 19.9. The molecule has 1 amide bonds. The molecular weight excluding hydrogens is 398 g/mol. The maximum absolute atomic E-state index is 13.4. The normalized spacial score (nSPS) is 20.7. The van der Waals surface area contributed by atoms with Crippen LogP contribution >= 0.6 is 11.6 Å². The van der Waals surface area contributed by atoms with Gasteiger partial charge in [0, 0.05) is 5.02 Å². The number of phenolic OH excluding ortho intramolecular Hbond substituents is 1. The van der Waals surface area contributed by atoms with Gasteiger partial charge >= 0.3 is 0 Å². The molecule has 28 heavy (non-hydrogen) atoms. The van der Waals surface area contributed by atoms with E-state index < -0.39 is 20.5 Å². The van der Waals surface area contributed by atoms with Crippen LogP contribution in [0.4, 0.5) is 0 Å². The number of nitrogens with one attached hydrogen (secondary N) is 1. The van der Waals surface area contributed by atoms with Crippen LogP contribution in [-0.2, 0) is 21.1 Å². The van der Waals surface area contributed by atoms with E-state index in [-0.39, 0.29) is 16.7 Å². The van der Waals surface area contributed by atoms with Crippen LogP contribution in [0, 0.1) is 0 Å². The standard InChI is InChI=1S/C21H22ClNO4S/c22-14-6-8-15(9-7-14)28(26,27)21(12-1-2-13-21)20(25)23-18-11-10-17-16(18)4-3-5-19(17)24/h3-9,18,24H,1-2,10-13H2,(H,23,25). The number of amides is 1. The summed E-state index contributed by atoms with van der Waals surface area (Å²) in [6.45, 7) is 0. The van der Waals surface area contributed by atoms with Crippen LogP contribution < -0.4 is 5.32 Å². The smallest absolute Gasteiger partial charge is 0.242 e. The predicted octanol–water partition coefficient (Wildman–Crippen LogP) is 3.94. The molecule has 2 N–H and O–H groups in total. The number of aromatic hydroxyl groups is 1. The van der Waals surface area contributed by atoms with E-state index >= 15 is 0 Å². The third-order valence-corrected chi connectivity index (χ3v) is 8.78. The lowest BCUT2D eigenvalue weighted by Crippen LogP contribution is -2.51. The molecule has 148 valence electrons. The molecule has 1 atom stereocenters. The summed E-state index contributed by atoms with van der Waals surface area (Å²) in [5.74, 6) is -0.222. The lowest BCUT2D eigenvalue weighted by atomic mass is 10.0. The van der Waals surface area contributed by atoms with E-state index in [0.717, 1.165) is 11.1 Å². The zero-order valence-corrected chi connectivity index (χ0v) is 16.9. The minimum atomic E-state index is -3.86. The molecule has 0 saturated heterocycles. The number of halogens is 1. The number of fused-ring (bicyclic) bond motifs is 1. The SMILES string of the molecule is O=C(NC1CCc2c(O)cccc21)C1(S(=O)(=O)c2ccc(Cl)cc2)CCCC1. The minimum absolute atomic E-state index is 0.124. The molecule has 2 aliphatic rings. The summed E-state index contributed by atoms with van der Waals surface area (Å²) in [5, 5.41) is 13.5. The fourth-order valence-corrected chi connectivity index (χ4v) is 6.68. The van der Waals surface area contributed by atoms with Gasteiger partial charge in [0.25, 0.3) is 0 Å². The fourth-order valence-electron chi connectivity index (χ4n) is 4.48. The van der Waals surface area contributed by atoms with Gasteiger partial charge in [-0.2, -0.15) is 0 Å². The van der Waals surface area contributed by atoms with Crippen molar-refractivity contribution in [2.24, 2.45) is 0 Å². The molecule has 0 aliphatic heterocycles. The van der Waals surface area contributed by atoms with Gasteiger partial charge in [0.1, 0.15) is 5.75 Å². The fraction of sp³-hybridized carbons (Fsp3) is 0.381. The van der Waals surface area contributed by atoms with Gasteiger partial charge in [-0.25, -0.2) is 8.42 Å². The quantitative estimate of drug-likeness (QED) is 0.786. The molecule has 2 aliphatic carbocycles. The predicted molar refractivity (Wildman–Crippen MR) is 107 cm³/mol. The number of sulfone groups is 1. The first-order chi connectivity index (χ1) is 13.3. The maximum Gasteiger partial charge on any atom is 0.242 e. The third-order valence-electron chi connectivity index (χ3n) is 6.01. The van der Waals surface area contributed by atoms with Gasteiger partial charge in [-0.15, -0.1) is 0 Å². The van der Waals surface area contributed by atoms with E-state index in [2.05, 4.69) is 5.32 Å². The minimum Gasteiger partial charge on any atom is -0.508 e. The van der Waals surface area contributed by atoms with Gasteiger partial charge in [-0.05, 0) is 67.1 Å². The van der Waals surface area contributed by atoms with Crippen LogP contribution in [0.3, 0.4) is 0 Å². The van der Waals surface area contributed by atoms with Gasteiger partial charge in [0.05, 0.1) is 10.9 Å². The van der Waals surface area contributed by atoms with E-state index in [9.17, 15) is 18.3 Å². The van der Waals surface area contributed by atoms with Crippen molar-refractivity contribution in [2.75, 3.05) is 0 Å². The third kappa shape index (κ3) is 2.99. The Kier molecular flexibility index (Phi) is 4.88. The molecule has 2 aromatic rings. The van der Waals surface area contributed by atoms with Crippen LogP contribution in [0.1, 0.15) is 49.3 Å². The van der Waals surface area contributed by atoms with Crippen LogP contribution in [0.15, 0.2) is 47.4 Å². The second-order valence-electron chi connectivity index (χ2n) is 7.57.